The molecule has 0 amide bonds. The van der Waals surface area contributed by atoms with Crippen molar-refractivity contribution < 1.29 is 21.9 Å². The first kappa shape index (κ1) is 20.4. The van der Waals surface area contributed by atoms with Crippen LogP contribution in [0.4, 0.5) is 14.5 Å². The molecule has 0 fully saturated rings. The minimum Gasteiger partial charge on any atom is -0.438 e. The van der Waals surface area contributed by atoms with Crippen LogP contribution in [0.3, 0.4) is 0 Å². The van der Waals surface area contributed by atoms with E-state index in [0.717, 1.165) is 17.8 Å². The molecule has 0 bridgehead atoms. The van der Waals surface area contributed by atoms with Gasteiger partial charge in [0.05, 0.1) is 10.6 Å². The second-order valence-electron chi connectivity index (χ2n) is 6.44. The summed E-state index contributed by atoms with van der Waals surface area (Å²) in [5.74, 6) is -1.21. The number of halogens is 2. The minimum absolute atomic E-state index is 0.215. The molecule has 0 spiro atoms. The Morgan fingerprint density at radius 3 is 2.32 bits per heavy atom. The van der Waals surface area contributed by atoms with Crippen LogP contribution in [-0.4, -0.2) is 28.4 Å². The number of hydrogen-bond acceptors (Lipinski definition) is 6. The van der Waals surface area contributed by atoms with Crippen LogP contribution < -0.4 is 9.46 Å². The fourth-order valence-corrected chi connectivity index (χ4v) is 3.67. The maximum atomic E-state index is 13.3. The van der Waals surface area contributed by atoms with Crippen LogP contribution in [0.15, 0.2) is 71.8 Å². The Morgan fingerprint density at radius 2 is 1.71 bits per heavy atom. The van der Waals surface area contributed by atoms with Gasteiger partial charge in [-0.2, -0.15) is 5.10 Å². The lowest BCUT2D eigenvalue weighted by Crippen LogP contribution is -2.13. The van der Waals surface area contributed by atoms with Crippen molar-refractivity contribution in [3.8, 4) is 17.4 Å². The van der Waals surface area contributed by atoms with Crippen molar-refractivity contribution in [2.75, 3.05) is 4.72 Å². The van der Waals surface area contributed by atoms with Gasteiger partial charge in [-0.1, -0.05) is 0 Å². The second kappa shape index (κ2) is 8.11. The molecule has 4 rings (SSSR count). The number of aromatic nitrogens is 4. The first-order valence-electron chi connectivity index (χ1n) is 8.92. The molecule has 0 aliphatic rings. The zero-order valence-corrected chi connectivity index (χ0v) is 16.8. The molecular formula is C20H15F2N5O3S. The van der Waals surface area contributed by atoms with E-state index in [2.05, 4.69) is 20.0 Å². The number of rotatable bonds is 6. The molecular weight excluding hydrogens is 428 g/mol. The van der Waals surface area contributed by atoms with Gasteiger partial charge in [0.15, 0.2) is 17.5 Å². The Kier molecular flexibility index (Phi) is 5.34. The largest absolute Gasteiger partial charge is 0.438 e. The van der Waals surface area contributed by atoms with Crippen LogP contribution in [0.5, 0.6) is 11.6 Å². The highest BCUT2D eigenvalue weighted by atomic mass is 32.2. The predicted molar refractivity (Wildman–Crippen MR) is 108 cm³/mol. The van der Waals surface area contributed by atoms with E-state index in [1.54, 1.807) is 23.0 Å². The molecule has 31 heavy (non-hydrogen) atoms. The summed E-state index contributed by atoms with van der Waals surface area (Å²) in [4.78, 5) is -0.394. The quantitative estimate of drug-likeness (QED) is 0.486. The third kappa shape index (κ3) is 4.67. The summed E-state index contributed by atoms with van der Waals surface area (Å²) in [6.45, 7) is 1.86. The van der Waals surface area contributed by atoms with E-state index < -0.39 is 26.6 Å². The van der Waals surface area contributed by atoms with Gasteiger partial charge in [-0.25, -0.2) is 21.9 Å². The van der Waals surface area contributed by atoms with E-state index in [0.29, 0.717) is 17.6 Å². The normalized spacial score (nSPS) is 11.3. The Hall–Kier alpha value is -3.86. The summed E-state index contributed by atoms with van der Waals surface area (Å²) in [6, 6.07) is 13.5. The third-order valence-corrected chi connectivity index (χ3v) is 5.49. The third-order valence-electron chi connectivity index (χ3n) is 4.11. The van der Waals surface area contributed by atoms with Crippen molar-refractivity contribution >= 4 is 15.7 Å². The fraction of sp³-hybridized carbons (Fsp3) is 0.0500. The van der Waals surface area contributed by atoms with E-state index in [9.17, 15) is 17.2 Å². The van der Waals surface area contributed by atoms with Crippen molar-refractivity contribution in [3.63, 3.8) is 0 Å². The highest BCUT2D eigenvalue weighted by molar-refractivity contribution is 7.92. The van der Waals surface area contributed by atoms with Crippen LogP contribution in [-0.2, 0) is 10.0 Å². The number of benzene rings is 2. The van der Waals surface area contributed by atoms with Crippen LogP contribution in [0.1, 0.15) is 5.69 Å². The summed E-state index contributed by atoms with van der Waals surface area (Å²) in [5, 5.41) is 12.3. The van der Waals surface area contributed by atoms with Gasteiger partial charge in [0.25, 0.3) is 10.0 Å². The first-order valence-corrected chi connectivity index (χ1v) is 10.4. The lowest BCUT2D eigenvalue weighted by molar-refractivity contribution is 0.454. The van der Waals surface area contributed by atoms with Gasteiger partial charge < -0.3 is 4.74 Å². The average molecular weight is 443 g/mol. The summed E-state index contributed by atoms with van der Waals surface area (Å²) in [5.41, 5.74) is 1.06. The summed E-state index contributed by atoms with van der Waals surface area (Å²) in [7, 11) is -4.08. The number of anilines is 1. The standard InChI is InChI=1S/C20H15F2N5O3S/c1-13-10-11-27(25-13)19-8-9-20(24-23-19)30-15-4-2-14(3-5-15)26-31(28,29)16-6-7-17(21)18(22)12-16/h2-12,26H,1H3. The van der Waals surface area contributed by atoms with E-state index in [4.69, 9.17) is 4.74 Å². The molecule has 0 aliphatic heterocycles. The van der Waals surface area contributed by atoms with Gasteiger partial charge in [-0.15, -0.1) is 10.2 Å². The number of hydrogen-bond donors (Lipinski definition) is 1. The second-order valence-corrected chi connectivity index (χ2v) is 8.12. The molecule has 1 N–H and O–H groups in total. The van der Waals surface area contributed by atoms with Crippen LogP contribution in [0.2, 0.25) is 0 Å². The number of aryl methyl sites for hydroxylation is 1. The van der Waals surface area contributed by atoms with Crippen LogP contribution >= 0.6 is 0 Å². The molecule has 11 heteroatoms. The molecule has 0 unspecified atom stereocenters. The maximum Gasteiger partial charge on any atom is 0.261 e. The molecule has 2 aromatic heterocycles. The van der Waals surface area contributed by atoms with E-state index in [1.807, 2.05) is 13.0 Å². The Morgan fingerprint density at radius 1 is 0.935 bits per heavy atom. The van der Waals surface area contributed by atoms with Gasteiger partial charge >= 0.3 is 0 Å². The van der Waals surface area contributed by atoms with Gasteiger partial charge in [0.1, 0.15) is 5.75 Å². The van der Waals surface area contributed by atoms with Crippen LogP contribution in [0.25, 0.3) is 5.82 Å². The zero-order chi connectivity index (χ0) is 22.0. The van der Waals surface area contributed by atoms with Gasteiger partial charge in [-0.3, -0.25) is 4.72 Å². The SMILES string of the molecule is Cc1ccn(-c2ccc(Oc3ccc(NS(=O)(=O)c4ccc(F)c(F)c4)cc3)nn2)n1. The van der Waals surface area contributed by atoms with Crippen LogP contribution in [0, 0.1) is 18.6 Å². The lowest BCUT2D eigenvalue weighted by atomic mass is 10.3. The van der Waals surface area contributed by atoms with Crippen molar-refractivity contribution in [2.24, 2.45) is 0 Å². The van der Waals surface area contributed by atoms with Crippen molar-refractivity contribution in [1.29, 1.82) is 0 Å². The topological polar surface area (TPSA) is 99.0 Å². The van der Waals surface area contributed by atoms with Gasteiger partial charge in [0, 0.05) is 18.0 Å². The van der Waals surface area contributed by atoms with Gasteiger partial charge in [0.2, 0.25) is 5.88 Å². The molecule has 0 radical (unpaired) electrons. The fourth-order valence-electron chi connectivity index (χ4n) is 2.60. The molecule has 158 valence electrons. The number of sulfonamides is 1. The van der Waals surface area contributed by atoms with E-state index in [-0.39, 0.29) is 11.6 Å². The Bertz CT molecular complexity index is 1320. The first-order chi connectivity index (χ1) is 14.8. The number of ether oxygens (including phenoxy) is 1. The Labute approximate surface area is 176 Å². The minimum atomic E-state index is -4.08. The smallest absolute Gasteiger partial charge is 0.261 e. The zero-order valence-electron chi connectivity index (χ0n) is 16.0. The predicted octanol–water partition coefficient (Wildman–Crippen LogP) is 3.84. The molecule has 8 nitrogen and oxygen atoms in total. The van der Waals surface area contributed by atoms with Crippen molar-refractivity contribution in [3.05, 3.63) is 84.2 Å². The van der Waals surface area contributed by atoms with Gasteiger partial charge in [-0.05, 0) is 61.5 Å². The summed E-state index contributed by atoms with van der Waals surface area (Å²) >= 11 is 0. The molecule has 0 saturated heterocycles. The highest BCUT2D eigenvalue weighted by Crippen LogP contribution is 2.23. The van der Waals surface area contributed by atoms with E-state index >= 15 is 0 Å². The molecule has 0 aliphatic carbocycles. The number of nitrogens with one attached hydrogen (secondary N) is 1. The number of nitrogens with zero attached hydrogens (tertiary/aromatic N) is 4. The van der Waals surface area contributed by atoms with Crippen molar-refractivity contribution in [2.45, 2.75) is 11.8 Å². The Balaban J connectivity index is 1.44. The summed E-state index contributed by atoms with van der Waals surface area (Å²) < 4.78 is 60.5. The average Bonchev–Trinajstić information content (AvgIpc) is 3.18. The summed E-state index contributed by atoms with van der Waals surface area (Å²) in [6.07, 6.45) is 1.76. The molecule has 0 atom stereocenters. The lowest BCUT2D eigenvalue weighted by Gasteiger charge is -2.10. The highest BCUT2D eigenvalue weighted by Gasteiger charge is 2.16. The van der Waals surface area contributed by atoms with E-state index in [1.165, 1.54) is 24.3 Å². The molecule has 2 heterocycles. The molecule has 2 aromatic carbocycles. The molecule has 4 aromatic rings. The maximum absolute atomic E-state index is 13.3. The molecule has 0 saturated carbocycles. The van der Waals surface area contributed by atoms with Crippen molar-refractivity contribution in [1.82, 2.24) is 20.0 Å². The monoisotopic (exact) mass is 443 g/mol.